The summed E-state index contributed by atoms with van der Waals surface area (Å²) in [6.07, 6.45) is 2.32. The maximum Gasteiger partial charge on any atom is 0.254 e. The number of hydrogen-bond acceptors (Lipinski definition) is 5. The molecule has 0 saturated carbocycles. The molecule has 103 valence electrons. The number of allylic oxidation sites excluding steroid dienone is 1. The number of halogens is 2. The van der Waals surface area contributed by atoms with E-state index in [9.17, 15) is 4.79 Å². The van der Waals surface area contributed by atoms with Gasteiger partial charge in [0.1, 0.15) is 12.0 Å². The van der Waals surface area contributed by atoms with Crippen molar-refractivity contribution in [1.82, 2.24) is 4.98 Å². The molecule has 2 aromatic rings. The number of benzene rings is 1. The van der Waals surface area contributed by atoms with Gasteiger partial charge in [0.05, 0.1) is 15.7 Å². The number of hydrogen-bond donors (Lipinski definition) is 1. The Morgan fingerprint density at radius 2 is 2.20 bits per heavy atom. The van der Waals surface area contributed by atoms with Gasteiger partial charge >= 0.3 is 0 Å². The lowest BCUT2D eigenvalue weighted by Crippen LogP contribution is -2.17. The van der Waals surface area contributed by atoms with Gasteiger partial charge in [0.15, 0.2) is 5.13 Å². The summed E-state index contributed by atoms with van der Waals surface area (Å²) in [5, 5.41) is 12.2. The van der Waals surface area contributed by atoms with Gasteiger partial charge in [0.25, 0.3) is 6.29 Å². The zero-order valence-electron chi connectivity index (χ0n) is 10.3. The first kappa shape index (κ1) is 14.8. The van der Waals surface area contributed by atoms with Crippen LogP contribution in [0, 0.1) is 0 Å². The molecule has 0 atom stereocenters. The van der Waals surface area contributed by atoms with Gasteiger partial charge in [-0.1, -0.05) is 29.3 Å². The molecule has 0 aliphatic carbocycles. The summed E-state index contributed by atoms with van der Waals surface area (Å²) < 4.78 is 0. The van der Waals surface area contributed by atoms with E-state index in [1.165, 1.54) is 16.2 Å². The third-order valence-electron chi connectivity index (χ3n) is 2.58. The van der Waals surface area contributed by atoms with E-state index in [1.807, 2.05) is 11.4 Å². The van der Waals surface area contributed by atoms with Crippen LogP contribution in [-0.2, 0) is 4.79 Å². The van der Waals surface area contributed by atoms with E-state index in [0.29, 0.717) is 27.1 Å². The van der Waals surface area contributed by atoms with Crippen molar-refractivity contribution < 1.29 is 9.90 Å². The molecule has 7 heteroatoms. The van der Waals surface area contributed by atoms with E-state index in [1.54, 1.807) is 25.5 Å². The largest absolute Gasteiger partial charge is 0.513 e. The Labute approximate surface area is 129 Å². The molecular formula is C13H9Cl2N2O2S. The molecular weight excluding hydrogens is 319 g/mol. The molecule has 0 unspecified atom stereocenters. The van der Waals surface area contributed by atoms with Gasteiger partial charge in [-0.2, -0.15) is 0 Å². The number of carbonyl (C=O) groups excluding carboxylic acids is 1. The smallest absolute Gasteiger partial charge is 0.254 e. The molecule has 0 aliphatic rings. The number of aromatic nitrogens is 1. The van der Waals surface area contributed by atoms with Crippen LogP contribution in [0.25, 0.3) is 11.3 Å². The number of aliphatic hydroxyl groups excluding tert-OH is 1. The van der Waals surface area contributed by atoms with E-state index in [-0.39, 0.29) is 5.70 Å². The minimum atomic E-state index is 0.0000357. The van der Waals surface area contributed by atoms with E-state index in [2.05, 4.69) is 4.98 Å². The first-order chi connectivity index (χ1) is 9.56. The minimum Gasteiger partial charge on any atom is -0.513 e. The zero-order valence-corrected chi connectivity index (χ0v) is 12.6. The van der Waals surface area contributed by atoms with Crippen LogP contribution < -0.4 is 4.90 Å². The Morgan fingerprint density at radius 1 is 1.45 bits per heavy atom. The van der Waals surface area contributed by atoms with Crippen molar-refractivity contribution in [1.29, 1.82) is 0 Å². The minimum absolute atomic E-state index is 0.0000357. The van der Waals surface area contributed by atoms with Gasteiger partial charge in [0, 0.05) is 18.0 Å². The molecule has 1 aromatic carbocycles. The lowest BCUT2D eigenvalue weighted by Gasteiger charge is -2.12. The van der Waals surface area contributed by atoms with Crippen LogP contribution in [-0.4, -0.2) is 23.4 Å². The highest BCUT2D eigenvalue weighted by Crippen LogP contribution is 2.31. The molecule has 0 fully saturated rings. The van der Waals surface area contributed by atoms with Gasteiger partial charge < -0.3 is 10.0 Å². The number of anilines is 1. The Kier molecular flexibility index (Phi) is 4.65. The van der Waals surface area contributed by atoms with Crippen LogP contribution in [0.3, 0.4) is 0 Å². The van der Waals surface area contributed by atoms with E-state index in [0.717, 1.165) is 5.56 Å². The molecule has 1 radical (unpaired) electrons. The van der Waals surface area contributed by atoms with E-state index in [4.69, 9.17) is 28.3 Å². The summed E-state index contributed by atoms with van der Waals surface area (Å²) in [6.45, 7) is 0. The molecule has 0 bridgehead atoms. The average Bonchev–Trinajstić information content (AvgIpc) is 2.93. The summed E-state index contributed by atoms with van der Waals surface area (Å²) in [5.74, 6) is 0. The fourth-order valence-electron chi connectivity index (χ4n) is 1.49. The normalized spacial score (nSPS) is 11.4. The van der Waals surface area contributed by atoms with Crippen LogP contribution in [0.1, 0.15) is 0 Å². The van der Waals surface area contributed by atoms with Crippen LogP contribution in [0.2, 0.25) is 10.0 Å². The van der Waals surface area contributed by atoms with Crippen LogP contribution in [0.4, 0.5) is 5.13 Å². The number of likely N-dealkylation sites (N-methyl/N-ethyl adjacent to an activating group) is 1. The Balaban J connectivity index is 2.33. The second kappa shape index (κ2) is 6.26. The zero-order chi connectivity index (χ0) is 14.7. The van der Waals surface area contributed by atoms with Crippen molar-refractivity contribution in [2.24, 2.45) is 0 Å². The molecule has 0 amide bonds. The van der Waals surface area contributed by atoms with Gasteiger partial charge in [-0.3, -0.25) is 4.79 Å². The second-order valence-electron chi connectivity index (χ2n) is 3.82. The quantitative estimate of drug-likeness (QED) is 0.679. The second-order valence-corrected chi connectivity index (χ2v) is 5.47. The van der Waals surface area contributed by atoms with Crippen molar-refractivity contribution in [3.63, 3.8) is 0 Å². The van der Waals surface area contributed by atoms with Gasteiger partial charge in [-0.15, -0.1) is 11.3 Å². The fourth-order valence-corrected chi connectivity index (χ4v) is 2.60. The molecule has 20 heavy (non-hydrogen) atoms. The summed E-state index contributed by atoms with van der Waals surface area (Å²) in [6, 6.07) is 5.22. The molecule has 1 heterocycles. The molecule has 0 saturated heterocycles. The van der Waals surface area contributed by atoms with E-state index >= 15 is 0 Å². The SMILES string of the molecule is CN(C([C]=O)=CO)c1nc(-c2ccc(Cl)c(Cl)c2)cs1. The molecule has 4 nitrogen and oxygen atoms in total. The maximum absolute atomic E-state index is 10.7. The molecule has 1 N–H and O–H groups in total. The molecule has 2 rings (SSSR count). The first-order valence-corrected chi connectivity index (χ1v) is 7.07. The molecule has 0 aliphatic heterocycles. The van der Waals surface area contributed by atoms with Crippen LogP contribution in [0.5, 0.6) is 0 Å². The standard InChI is InChI=1S/C13H9Cl2N2O2S/c1-17(9(5-18)6-19)13-16-12(7-20-13)8-2-3-10(14)11(15)4-8/h2-5,7,18H,1H3. The number of thiazole rings is 1. The highest BCUT2D eigenvalue weighted by Gasteiger charge is 2.13. The highest BCUT2D eigenvalue weighted by molar-refractivity contribution is 7.14. The lowest BCUT2D eigenvalue weighted by molar-refractivity contribution is 0.466. The Morgan fingerprint density at radius 3 is 2.80 bits per heavy atom. The summed E-state index contributed by atoms with van der Waals surface area (Å²) in [7, 11) is 1.62. The molecule has 1 aromatic heterocycles. The van der Waals surface area contributed by atoms with Crippen molar-refractivity contribution in [3.8, 4) is 11.3 Å². The van der Waals surface area contributed by atoms with Crippen molar-refractivity contribution in [2.75, 3.05) is 11.9 Å². The van der Waals surface area contributed by atoms with Crippen LogP contribution in [0.15, 0.2) is 35.5 Å². The van der Waals surface area contributed by atoms with Crippen LogP contribution >= 0.6 is 34.5 Å². The first-order valence-electron chi connectivity index (χ1n) is 5.44. The van der Waals surface area contributed by atoms with Gasteiger partial charge in [-0.25, -0.2) is 4.98 Å². The number of nitrogens with zero attached hydrogens (tertiary/aromatic N) is 2. The monoisotopic (exact) mass is 327 g/mol. The summed E-state index contributed by atoms with van der Waals surface area (Å²) in [5.41, 5.74) is 1.53. The van der Waals surface area contributed by atoms with Crippen molar-refractivity contribution in [3.05, 3.63) is 45.6 Å². The third kappa shape index (κ3) is 2.95. The Bertz CT molecular complexity index is 670. The number of rotatable bonds is 4. The van der Waals surface area contributed by atoms with E-state index < -0.39 is 0 Å². The third-order valence-corrected chi connectivity index (χ3v) is 4.24. The fraction of sp³-hybridized carbons (Fsp3) is 0.0769. The highest BCUT2D eigenvalue weighted by atomic mass is 35.5. The summed E-state index contributed by atoms with van der Waals surface area (Å²) in [4.78, 5) is 16.5. The topological polar surface area (TPSA) is 53.4 Å². The van der Waals surface area contributed by atoms with Crippen molar-refractivity contribution >= 4 is 46.0 Å². The number of aliphatic hydroxyl groups is 1. The summed E-state index contributed by atoms with van der Waals surface area (Å²) >= 11 is 13.2. The van der Waals surface area contributed by atoms with Gasteiger partial charge in [0.2, 0.25) is 0 Å². The average molecular weight is 328 g/mol. The predicted molar refractivity (Wildman–Crippen MR) is 82.4 cm³/mol. The molecule has 0 spiro atoms. The van der Waals surface area contributed by atoms with Crippen molar-refractivity contribution in [2.45, 2.75) is 0 Å². The van der Waals surface area contributed by atoms with Gasteiger partial charge in [-0.05, 0) is 12.1 Å². The Hall–Kier alpha value is -1.56. The lowest BCUT2D eigenvalue weighted by atomic mass is 10.2. The predicted octanol–water partition coefficient (Wildman–Crippen LogP) is 4.06. The maximum atomic E-state index is 10.7.